The van der Waals surface area contributed by atoms with Crippen LogP contribution in [0.1, 0.15) is 59.3 Å². The van der Waals surface area contributed by atoms with E-state index >= 15 is 0 Å². The summed E-state index contributed by atoms with van der Waals surface area (Å²) >= 11 is 0. The Balaban J connectivity index is 0.0000116. The second-order valence-corrected chi connectivity index (χ2v) is 8.83. The first-order chi connectivity index (χ1) is 16.1. The third-order valence-corrected chi connectivity index (χ3v) is 4.89. The van der Waals surface area contributed by atoms with Crippen LogP contribution in [0.4, 0.5) is 0 Å². The summed E-state index contributed by atoms with van der Waals surface area (Å²) in [5, 5.41) is 0. The van der Waals surface area contributed by atoms with E-state index in [1.165, 1.54) is 0 Å². The Morgan fingerprint density at radius 3 is 1.80 bits per heavy atom. The summed E-state index contributed by atoms with van der Waals surface area (Å²) < 4.78 is 27.9. The van der Waals surface area contributed by atoms with Crippen LogP contribution in [-0.2, 0) is 42.9 Å². The summed E-state index contributed by atoms with van der Waals surface area (Å²) in [6.07, 6.45) is 2.47. The molecule has 0 bridgehead atoms. The van der Waals surface area contributed by atoms with E-state index < -0.39 is 48.5 Å². The van der Waals surface area contributed by atoms with Gasteiger partial charge in [0.15, 0.2) is 18.8 Å². The van der Waals surface area contributed by atoms with Gasteiger partial charge in [-0.15, -0.1) is 6.42 Å². The van der Waals surface area contributed by atoms with Gasteiger partial charge in [-0.2, -0.15) is 0 Å². The monoisotopic (exact) mass is 519 g/mol. The van der Waals surface area contributed by atoms with Gasteiger partial charge in [-0.25, -0.2) is 4.79 Å². The number of ether oxygens (including phenoxy) is 5. The van der Waals surface area contributed by atoms with Crippen molar-refractivity contribution in [3.05, 3.63) is 0 Å². The molecule has 1 heterocycles. The molecule has 0 radical (unpaired) electrons. The zero-order chi connectivity index (χ0) is 25.7. The Morgan fingerprint density at radius 1 is 0.829 bits per heavy atom. The number of halogens is 1. The highest BCUT2D eigenvalue weighted by atomic mass is 35.5. The second-order valence-electron chi connectivity index (χ2n) is 8.83. The average molecular weight is 520 g/mol. The quantitative estimate of drug-likeness (QED) is 0.127. The van der Waals surface area contributed by atoms with Crippen LogP contribution < -0.4 is 12.4 Å². The van der Waals surface area contributed by atoms with Crippen LogP contribution in [0.15, 0.2) is 0 Å². The lowest BCUT2D eigenvalue weighted by atomic mass is 10.0. The fourth-order valence-electron chi connectivity index (χ4n) is 3.29. The first-order valence-electron chi connectivity index (χ1n) is 11.7. The van der Waals surface area contributed by atoms with Gasteiger partial charge in [0.25, 0.3) is 0 Å². The van der Waals surface area contributed by atoms with E-state index in [1.54, 1.807) is 21.0 Å². The topological polar surface area (TPSA) is 114 Å². The first-order valence-corrected chi connectivity index (χ1v) is 11.7. The zero-order valence-corrected chi connectivity index (χ0v) is 22.0. The molecule has 1 rings (SSSR count). The second kappa shape index (κ2) is 16.3. The van der Waals surface area contributed by atoms with Gasteiger partial charge >= 0.3 is 23.9 Å². The number of likely N-dealkylation sites (N-methyl/N-ethyl adjacent to an activating group) is 1. The van der Waals surface area contributed by atoms with Crippen molar-refractivity contribution in [1.82, 2.24) is 0 Å². The molecule has 0 aliphatic carbocycles. The lowest BCUT2D eigenvalue weighted by molar-refractivity contribution is -0.875. The summed E-state index contributed by atoms with van der Waals surface area (Å²) in [6, 6.07) is 0. The summed E-state index contributed by atoms with van der Waals surface area (Å²) in [4.78, 5) is 49.5. The van der Waals surface area contributed by atoms with Gasteiger partial charge in [0, 0.05) is 19.3 Å². The molecule has 35 heavy (non-hydrogen) atoms. The van der Waals surface area contributed by atoms with Crippen LogP contribution in [0.25, 0.3) is 0 Å². The van der Waals surface area contributed by atoms with Crippen LogP contribution in [0.5, 0.6) is 0 Å². The minimum Gasteiger partial charge on any atom is -1.00 e. The minimum atomic E-state index is -1.35. The normalized spacial score (nSPS) is 21.6. The lowest BCUT2D eigenvalue weighted by Gasteiger charge is -2.40. The van der Waals surface area contributed by atoms with Gasteiger partial charge in [0.05, 0.1) is 20.7 Å². The fourth-order valence-corrected chi connectivity index (χ4v) is 3.29. The Morgan fingerprint density at radius 2 is 1.31 bits per heavy atom. The zero-order valence-electron chi connectivity index (χ0n) is 21.3. The highest BCUT2D eigenvalue weighted by Crippen LogP contribution is 2.26. The molecule has 1 aliphatic heterocycles. The molecule has 200 valence electrons. The van der Waals surface area contributed by atoms with Crippen LogP contribution in [0.3, 0.4) is 0 Å². The summed E-state index contributed by atoms with van der Waals surface area (Å²) in [6.45, 7) is 5.46. The van der Waals surface area contributed by atoms with Gasteiger partial charge < -0.3 is 40.6 Å². The smallest absolute Gasteiger partial charge is 0.364 e. The first kappa shape index (κ1) is 32.7. The Bertz CT molecular complexity index is 750. The number of terminal acetylenes is 1. The third-order valence-electron chi connectivity index (χ3n) is 4.89. The van der Waals surface area contributed by atoms with E-state index in [4.69, 9.17) is 30.1 Å². The van der Waals surface area contributed by atoms with Crippen molar-refractivity contribution < 1.29 is 59.8 Å². The van der Waals surface area contributed by atoms with Crippen molar-refractivity contribution in [3.63, 3.8) is 0 Å². The Hall–Kier alpha value is -2.35. The largest absolute Gasteiger partial charge is 1.00 e. The molecule has 1 aliphatic rings. The maximum atomic E-state index is 12.6. The lowest BCUT2D eigenvalue weighted by Crippen LogP contribution is -3.00. The molecule has 0 spiro atoms. The van der Waals surface area contributed by atoms with Crippen LogP contribution >= 0.6 is 0 Å². The number of rotatable bonds is 13. The number of esters is 4. The SMILES string of the molecule is C#CC[N+](C)(C)CC(=O)OC1OC[C@@H](OC(=O)CCC)[C@@H](OC(=O)CCC)[C@H]1OC(=O)CCC.[Cl-]. The number of hydrogen-bond donors (Lipinski definition) is 0. The minimum absolute atomic E-state index is 0. The number of quaternary nitrogens is 1. The molecular formula is C24H38ClNO9. The van der Waals surface area contributed by atoms with Gasteiger partial charge in [-0.1, -0.05) is 20.8 Å². The van der Waals surface area contributed by atoms with Gasteiger partial charge in [0.1, 0.15) is 6.54 Å². The third kappa shape index (κ3) is 11.8. The molecule has 1 fully saturated rings. The highest BCUT2D eigenvalue weighted by molar-refractivity contribution is 5.72. The van der Waals surface area contributed by atoms with Crippen molar-refractivity contribution in [1.29, 1.82) is 0 Å². The maximum absolute atomic E-state index is 12.6. The molecular weight excluding hydrogens is 482 g/mol. The van der Waals surface area contributed by atoms with Gasteiger partial charge in [-0.3, -0.25) is 14.4 Å². The standard InChI is InChI=1S/C24H38NO9.ClH/c1-7-11-18(26)31-17-16-30-24(34-21(29)15-25(5,6)14-10-4)23(33-20(28)13-9-3)22(17)32-19(27)12-8-2;/h4,17,22-24H,7-9,11-16H2,1-3,5-6H3;1H/q+1;/p-1/t17-,22-,23-,24?;/m1./s1. The predicted octanol–water partition coefficient (Wildman–Crippen LogP) is -1.26. The summed E-state index contributed by atoms with van der Waals surface area (Å²) in [7, 11) is 3.53. The molecule has 4 atom stereocenters. The van der Waals surface area contributed by atoms with E-state index in [-0.39, 0.29) is 49.3 Å². The van der Waals surface area contributed by atoms with E-state index in [0.29, 0.717) is 25.8 Å². The molecule has 0 aromatic rings. The number of nitrogens with zero attached hydrogens (tertiary/aromatic N) is 1. The number of carbonyl (C=O) groups excluding carboxylic acids is 4. The molecule has 0 aromatic heterocycles. The van der Waals surface area contributed by atoms with Gasteiger partial charge in [0.2, 0.25) is 12.4 Å². The van der Waals surface area contributed by atoms with Crippen molar-refractivity contribution in [2.45, 2.75) is 83.9 Å². The van der Waals surface area contributed by atoms with Crippen LogP contribution in [0, 0.1) is 12.3 Å². The van der Waals surface area contributed by atoms with Crippen molar-refractivity contribution in [2.24, 2.45) is 0 Å². The predicted molar refractivity (Wildman–Crippen MR) is 121 cm³/mol. The van der Waals surface area contributed by atoms with Crippen molar-refractivity contribution in [2.75, 3.05) is 33.8 Å². The average Bonchev–Trinajstić information content (AvgIpc) is 2.72. The Labute approximate surface area is 213 Å². The molecule has 1 unspecified atom stereocenters. The summed E-state index contributed by atoms with van der Waals surface area (Å²) in [5.74, 6) is 0.215. The molecule has 11 heteroatoms. The van der Waals surface area contributed by atoms with E-state index in [9.17, 15) is 19.2 Å². The van der Waals surface area contributed by atoms with Crippen molar-refractivity contribution >= 4 is 23.9 Å². The molecule has 1 saturated heterocycles. The van der Waals surface area contributed by atoms with Crippen LogP contribution in [-0.4, -0.2) is 86.8 Å². The number of carbonyl (C=O) groups is 4. The highest BCUT2D eigenvalue weighted by Gasteiger charge is 2.49. The van der Waals surface area contributed by atoms with E-state index in [2.05, 4.69) is 5.92 Å². The maximum Gasteiger partial charge on any atom is 0.364 e. The Kier molecular flexibility index (Phi) is 15.2. The summed E-state index contributed by atoms with van der Waals surface area (Å²) in [5.41, 5.74) is 0. The molecule has 0 saturated carbocycles. The molecule has 0 aromatic carbocycles. The van der Waals surface area contributed by atoms with Crippen molar-refractivity contribution in [3.8, 4) is 12.3 Å². The van der Waals surface area contributed by atoms with Crippen LogP contribution in [0.2, 0.25) is 0 Å². The molecule has 0 amide bonds. The molecule has 10 nitrogen and oxygen atoms in total. The molecule has 0 N–H and O–H groups in total. The fraction of sp³-hybridized carbons (Fsp3) is 0.750. The van der Waals surface area contributed by atoms with E-state index in [0.717, 1.165) is 0 Å². The number of hydrogen-bond acceptors (Lipinski definition) is 9. The van der Waals surface area contributed by atoms with Gasteiger partial charge in [-0.05, 0) is 25.2 Å². The van der Waals surface area contributed by atoms with E-state index in [1.807, 2.05) is 13.8 Å².